The molecule has 0 heterocycles. The number of hydrogen-bond donors (Lipinski definition) is 1. The van der Waals surface area contributed by atoms with Crippen LogP contribution in [0.15, 0.2) is 40.9 Å². The maximum Gasteiger partial charge on any atom is 0.134 e. The second-order valence-corrected chi connectivity index (χ2v) is 6.36. The molecule has 0 atom stereocenters. The molecule has 0 amide bonds. The lowest BCUT2D eigenvalue weighted by molar-refractivity contribution is 0.233. The molecule has 2 aromatic rings. The van der Waals surface area contributed by atoms with Gasteiger partial charge in [-0.05, 0) is 51.1 Å². The van der Waals surface area contributed by atoms with E-state index >= 15 is 0 Å². The summed E-state index contributed by atoms with van der Waals surface area (Å²) in [7, 11) is 0. The second-order valence-electron chi connectivity index (χ2n) is 5.57. The van der Waals surface area contributed by atoms with Crippen LogP contribution >= 0.6 is 15.9 Å². The van der Waals surface area contributed by atoms with Crippen molar-refractivity contribution in [3.05, 3.63) is 40.9 Å². The highest BCUT2D eigenvalue weighted by atomic mass is 79.9. The van der Waals surface area contributed by atoms with Crippen molar-refractivity contribution in [3.63, 3.8) is 0 Å². The SMILES string of the molecule is CC(C)(CN)CCOc1ccc2ccccc2c1Br. The quantitative estimate of drug-likeness (QED) is 0.888. The van der Waals surface area contributed by atoms with Crippen LogP contribution in [0.1, 0.15) is 20.3 Å². The summed E-state index contributed by atoms with van der Waals surface area (Å²) < 4.78 is 6.90. The third kappa shape index (κ3) is 3.48. The Morgan fingerprint density at radius 2 is 1.89 bits per heavy atom. The summed E-state index contributed by atoms with van der Waals surface area (Å²) in [6.45, 7) is 5.67. The maximum atomic E-state index is 5.88. The monoisotopic (exact) mass is 321 g/mol. The zero-order valence-electron chi connectivity index (χ0n) is 11.4. The fourth-order valence-electron chi connectivity index (χ4n) is 1.86. The number of rotatable bonds is 5. The minimum Gasteiger partial charge on any atom is -0.492 e. The minimum atomic E-state index is 0.128. The van der Waals surface area contributed by atoms with E-state index in [1.54, 1.807) is 0 Å². The van der Waals surface area contributed by atoms with Gasteiger partial charge in [-0.2, -0.15) is 0 Å². The summed E-state index contributed by atoms with van der Waals surface area (Å²) in [6, 6.07) is 12.4. The van der Waals surface area contributed by atoms with Crippen LogP contribution in [0.2, 0.25) is 0 Å². The number of nitrogens with two attached hydrogens (primary N) is 1. The van der Waals surface area contributed by atoms with Gasteiger partial charge in [-0.1, -0.05) is 44.2 Å². The first kappa shape index (κ1) is 14.4. The number of hydrogen-bond acceptors (Lipinski definition) is 2. The van der Waals surface area contributed by atoms with Crippen molar-refractivity contribution in [1.29, 1.82) is 0 Å². The van der Waals surface area contributed by atoms with Crippen molar-refractivity contribution in [2.45, 2.75) is 20.3 Å². The van der Waals surface area contributed by atoms with Crippen LogP contribution in [0, 0.1) is 5.41 Å². The van der Waals surface area contributed by atoms with Gasteiger partial charge in [0.1, 0.15) is 5.75 Å². The molecule has 102 valence electrons. The standard InChI is InChI=1S/C16H20BrNO/c1-16(2,11-18)9-10-19-14-8-7-12-5-3-4-6-13(12)15(14)17/h3-8H,9-11,18H2,1-2H3. The van der Waals surface area contributed by atoms with Crippen LogP contribution in [0.4, 0.5) is 0 Å². The Hall–Kier alpha value is -1.06. The van der Waals surface area contributed by atoms with Crippen LogP contribution in [0.3, 0.4) is 0 Å². The van der Waals surface area contributed by atoms with Crippen molar-refractivity contribution >= 4 is 26.7 Å². The Bertz CT molecular complexity index is 566. The predicted octanol–water partition coefficient (Wildman–Crippen LogP) is 4.36. The first-order valence-corrected chi connectivity index (χ1v) is 7.33. The second kappa shape index (κ2) is 5.93. The minimum absolute atomic E-state index is 0.128. The van der Waals surface area contributed by atoms with Gasteiger partial charge in [0.05, 0.1) is 11.1 Å². The van der Waals surface area contributed by atoms with Crippen LogP contribution in [-0.2, 0) is 0 Å². The third-order valence-electron chi connectivity index (χ3n) is 3.42. The van der Waals surface area contributed by atoms with Crippen LogP contribution in [0.25, 0.3) is 10.8 Å². The summed E-state index contributed by atoms with van der Waals surface area (Å²) >= 11 is 3.63. The molecule has 0 unspecified atom stereocenters. The molecule has 0 saturated heterocycles. The fraction of sp³-hybridized carbons (Fsp3) is 0.375. The normalized spacial score (nSPS) is 11.8. The molecule has 0 spiro atoms. The van der Waals surface area contributed by atoms with Gasteiger partial charge in [0, 0.05) is 0 Å². The average molecular weight is 322 g/mol. The highest BCUT2D eigenvalue weighted by Crippen LogP contribution is 2.33. The van der Waals surface area contributed by atoms with Crippen molar-refractivity contribution in [2.75, 3.05) is 13.2 Å². The highest BCUT2D eigenvalue weighted by molar-refractivity contribution is 9.10. The lowest BCUT2D eigenvalue weighted by Gasteiger charge is -2.22. The van der Waals surface area contributed by atoms with E-state index in [9.17, 15) is 0 Å². The van der Waals surface area contributed by atoms with Crippen LogP contribution < -0.4 is 10.5 Å². The Morgan fingerprint density at radius 1 is 1.16 bits per heavy atom. The Kier molecular flexibility index (Phi) is 4.48. The maximum absolute atomic E-state index is 5.88. The topological polar surface area (TPSA) is 35.2 Å². The molecule has 0 aliphatic heterocycles. The zero-order valence-corrected chi connectivity index (χ0v) is 13.0. The molecular weight excluding hydrogens is 302 g/mol. The smallest absolute Gasteiger partial charge is 0.134 e. The predicted molar refractivity (Wildman–Crippen MR) is 84.6 cm³/mol. The Balaban J connectivity index is 2.11. The van der Waals surface area contributed by atoms with E-state index in [4.69, 9.17) is 10.5 Å². The van der Waals surface area contributed by atoms with Crippen LogP contribution in [0.5, 0.6) is 5.75 Å². The van der Waals surface area contributed by atoms with Crippen molar-refractivity contribution < 1.29 is 4.74 Å². The van der Waals surface area contributed by atoms with E-state index in [0.717, 1.165) is 16.6 Å². The molecular formula is C16H20BrNO. The summed E-state index contributed by atoms with van der Waals surface area (Å²) in [5.41, 5.74) is 5.85. The van der Waals surface area contributed by atoms with Gasteiger partial charge in [0.25, 0.3) is 0 Å². The summed E-state index contributed by atoms with van der Waals surface area (Å²) in [5, 5.41) is 2.39. The van der Waals surface area contributed by atoms with Gasteiger partial charge in [-0.15, -0.1) is 0 Å². The Labute approximate surface area is 123 Å². The number of benzene rings is 2. The molecule has 2 nitrogen and oxygen atoms in total. The fourth-order valence-corrected chi connectivity index (χ4v) is 2.47. The molecule has 0 bridgehead atoms. The first-order chi connectivity index (χ1) is 9.03. The molecule has 0 saturated carbocycles. The average Bonchev–Trinajstić information content (AvgIpc) is 2.42. The van der Waals surface area contributed by atoms with Gasteiger partial charge in [-0.3, -0.25) is 0 Å². The number of fused-ring (bicyclic) bond motifs is 1. The summed E-state index contributed by atoms with van der Waals surface area (Å²) in [6.07, 6.45) is 0.947. The molecule has 0 aromatic heterocycles. The number of halogens is 1. The highest BCUT2D eigenvalue weighted by Gasteiger charge is 2.15. The van der Waals surface area contributed by atoms with Gasteiger partial charge >= 0.3 is 0 Å². The molecule has 2 N–H and O–H groups in total. The van der Waals surface area contributed by atoms with Gasteiger partial charge in [0.2, 0.25) is 0 Å². The lowest BCUT2D eigenvalue weighted by atomic mass is 9.90. The zero-order chi connectivity index (χ0) is 13.9. The first-order valence-electron chi connectivity index (χ1n) is 6.54. The molecule has 0 aliphatic rings. The van der Waals surface area contributed by atoms with Gasteiger partial charge in [0.15, 0.2) is 0 Å². The Morgan fingerprint density at radius 3 is 2.63 bits per heavy atom. The largest absolute Gasteiger partial charge is 0.492 e. The van der Waals surface area contributed by atoms with Gasteiger partial charge in [-0.25, -0.2) is 0 Å². The molecule has 2 rings (SSSR count). The van der Waals surface area contributed by atoms with E-state index < -0.39 is 0 Å². The van der Waals surface area contributed by atoms with Crippen molar-refractivity contribution in [1.82, 2.24) is 0 Å². The lowest BCUT2D eigenvalue weighted by Crippen LogP contribution is -2.25. The summed E-state index contributed by atoms with van der Waals surface area (Å²) in [5.74, 6) is 0.895. The molecule has 19 heavy (non-hydrogen) atoms. The molecule has 0 aliphatic carbocycles. The van der Waals surface area contributed by atoms with E-state index in [1.807, 2.05) is 18.2 Å². The molecule has 2 aromatic carbocycles. The molecule has 0 radical (unpaired) electrons. The van der Waals surface area contributed by atoms with E-state index in [-0.39, 0.29) is 5.41 Å². The van der Waals surface area contributed by atoms with E-state index in [2.05, 4.69) is 48.0 Å². The van der Waals surface area contributed by atoms with Crippen LogP contribution in [-0.4, -0.2) is 13.2 Å². The molecule has 0 fully saturated rings. The molecule has 3 heteroatoms. The van der Waals surface area contributed by atoms with E-state index in [1.165, 1.54) is 10.8 Å². The third-order valence-corrected chi connectivity index (χ3v) is 4.23. The van der Waals surface area contributed by atoms with Crippen molar-refractivity contribution in [2.24, 2.45) is 11.1 Å². The number of ether oxygens (including phenoxy) is 1. The van der Waals surface area contributed by atoms with Gasteiger partial charge < -0.3 is 10.5 Å². The summed E-state index contributed by atoms with van der Waals surface area (Å²) in [4.78, 5) is 0. The van der Waals surface area contributed by atoms with Crippen molar-refractivity contribution in [3.8, 4) is 5.75 Å². The van der Waals surface area contributed by atoms with E-state index in [0.29, 0.717) is 13.2 Å².